The van der Waals surface area contributed by atoms with Crippen LogP contribution in [-0.4, -0.2) is 58.0 Å². The second-order valence-electron chi connectivity index (χ2n) is 8.49. The molecule has 2 aromatic carbocycles. The molecule has 0 radical (unpaired) electrons. The topological polar surface area (TPSA) is 105 Å². The third-order valence-electron chi connectivity index (χ3n) is 6.34. The number of nitrogens with zero attached hydrogens (tertiary/aromatic N) is 3. The average molecular weight is 434 g/mol. The summed E-state index contributed by atoms with van der Waals surface area (Å²) in [5, 5.41) is 7.61. The number of amides is 1. The van der Waals surface area contributed by atoms with Crippen LogP contribution in [0.4, 0.5) is 5.69 Å². The molecule has 0 aliphatic carbocycles. The van der Waals surface area contributed by atoms with Crippen LogP contribution in [0.2, 0.25) is 0 Å². The van der Waals surface area contributed by atoms with Gasteiger partial charge in [0.05, 0.1) is 24.3 Å². The Bertz CT molecular complexity index is 1200. The lowest BCUT2D eigenvalue weighted by Gasteiger charge is -2.26. The number of aromatic nitrogens is 2. The van der Waals surface area contributed by atoms with Crippen LogP contribution in [0.3, 0.4) is 0 Å². The molecular weight excluding hydrogens is 406 g/mol. The van der Waals surface area contributed by atoms with Gasteiger partial charge in [-0.15, -0.1) is 0 Å². The SMILES string of the molecule is CCC(=O)c1n[nH]c2cc(N)c(C(=O)N3Cc4ccc(CN5CCOCC5)cc4C3)cc12. The number of benzene rings is 2. The average Bonchev–Trinajstić information content (AvgIpc) is 3.41. The van der Waals surface area contributed by atoms with Crippen LogP contribution in [0.1, 0.15) is 50.9 Å². The Hall–Kier alpha value is -3.23. The highest BCUT2D eigenvalue weighted by Crippen LogP contribution is 2.30. The number of ketones is 1. The number of rotatable bonds is 5. The van der Waals surface area contributed by atoms with Crippen molar-refractivity contribution in [1.29, 1.82) is 0 Å². The van der Waals surface area contributed by atoms with E-state index in [2.05, 4.69) is 33.3 Å². The van der Waals surface area contributed by atoms with Gasteiger partial charge in [-0.2, -0.15) is 5.10 Å². The zero-order valence-corrected chi connectivity index (χ0v) is 18.2. The zero-order valence-electron chi connectivity index (χ0n) is 18.2. The minimum atomic E-state index is -0.133. The molecule has 0 spiro atoms. The number of fused-ring (bicyclic) bond motifs is 2. The van der Waals surface area contributed by atoms with Crippen molar-refractivity contribution in [2.75, 3.05) is 32.0 Å². The van der Waals surface area contributed by atoms with E-state index in [1.54, 1.807) is 19.1 Å². The summed E-state index contributed by atoms with van der Waals surface area (Å²) in [4.78, 5) is 29.8. The third-order valence-corrected chi connectivity index (χ3v) is 6.34. The van der Waals surface area contributed by atoms with Crippen molar-refractivity contribution in [3.8, 4) is 0 Å². The molecule has 3 aromatic rings. The highest BCUT2D eigenvalue weighted by Gasteiger charge is 2.27. The first-order valence-corrected chi connectivity index (χ1v) is 11.0. The van der Waals surface area contributed by atoms with E-state index in [1.165, 1.54) is 11.1 Å². The van der Waals surface area contributed by atoms with Crippen LogP contribution in [0, 0.1) is 0 Å². The maximum atomic E-state index is 13.4. The standard InChI is InChI=1S/C24H27N5O3/c1-2-22(30)23-19-10-18(20(25)11-21(19)26-27-23)24(31)29-13-16-4-3-15(9-17(16)14-29)12-28-5-7-32-8-6-28/h3-4,9-11H,2,5-8,12-14,25H2,1H3,(H,26,27). The number of nitrogen functional groups attached to an aromatic ring is 1. The lowest BCUT2D eigenvalue weighted by atomic mass is 10.0. The molecule has 2 aliphatic rings. The molecule has 5 rings (SSSR count). The van der Waals surface area contributed by atoms with Gasteiger partial charge in [-0.05, 0) is 28.8 Å². The van der Waals surface area contributed by atoms with Crippen molar-refractivity contribution < 1.29 is 14.3 Å². The van der Waals surface area contributed by atoms with Crippen molar-refractivity contribution >= 4 is 28.3 Å². The van der Waals surface area contributed by atoms with Gasteiger partial charge >= 0.3 is 0 Å². The van der Waals surface area contributed by atoms with E-state index in [0.29, 0.717) is 47.4 Å². The summed E-state index contributed by atoms with van der Waals surface area (Å²) in [7, 11) is 0. The molecule has 0 atom stereocenters. The Kier molecular flexibility index (Phi) is 5.40. The Morgan fingerprint density at radius 3 is 2.69 bits per heavy atom. The molecule has 32 heavy (non-hydrogen) atoms. The maximum absolute atomic E-state index is 13.4. The molecule has 1 saturated heterocycles. The Morgan fingerprint density at radius 1 is 1.12 bits per heavy atom. The fourth-order valence-electron chi connectivity index (χ4n) is 4.52. The van der Waals surface area contributed by atoms with Crippen LogP contribution in [0.25, 0.3) is 10.9 Å². The number of nitrogens with one attached hydrogen (secondary N) is 1. The molecule has 0 saturated carbocycles. The van der Waals surface area contributed by atoms with Crippen molar-refractivity contribution in [2.45, 2.75) is 33.0 Å². The van der Waals surface area contributed by atoms with Crippen LogP contribution >= 0.6 is 0 Å². The number of hydrogen-bond donors (Lipinski definition) is 2. The Morgan fingerprint density at radius 2 is 1.91 bits per heavy atom. The molecule has 1 aromatic heterocycles. The smallest absolute Gasteiger partial charge is 0.256 e. The number of carbonyl (C=O) groups is 2. The van der Waals surface area contributed by atoms with Gasteiger partial charge in [0.1, 0.15) is 5.69 Å². The molecule has 1 fully saturated rings. The van der Waals surface area contributed by atoms with Gasteiger partial charge in [0.2, 0.25) is 0 Å². The van der Waals surface area contributed by atoms with Crippen molar-refractivity contribution in [2.24, 2.45) is 0 Å². The molecule has 166 valence electrons. The van der Waals surface area contributed by atoms with Gasteiger partial charge in [-0.3, -0.25) is 19.6 Å². The highest BCUT2D eigenvalue weighted by molar-refractivity contribution is 6.10. The molecule has 1 amide bonds. The van der Waals surface area contributed by atoms with Gasteiger partial charge in [0.15, 0.2) is 5.78 Å². The number of nitrogens with two attached hydrogens (primary N) is 1. The first-order chi connectivity index (χ1) is 15.5. The van der Waals surface area contributed by atoms with E-state index < -0.39 is 0 Å². The number of ether oxygens (including phenoxy) is 1. The van der Waals surface area contributed by atoms with E-state index in [4.69, 9.17) is 10.5 Å². The van der Waals surface area contributed by atoms with Crippen LogP contribution in [-0.2, 0) is 24.4 Å². The predicted molar refractivity (Wildman–Crippen MR) is 121 cm³/mol. The largest absolute Gasteiger partial charge is 0.398 e. The summed E-state index contributed by atoms with van der Waals surface area (Å²) in [6, 6.07) is 9.87. The predicted octanol–water partition coefficient (Wildman–Crippen LogP) is 2.73. The normalized spacial score (nSPS) is 16.5. The molecule has 8 heteroatoms. The van der Waals surface area contributed by atoms with Crippen molar-refractivity contribution in [1.82, 2.24) is 20.0 Å². The number of aromatic amines is 1. The van der Waals surface area contributed by atoms with Crippen molar-refractivity contribution in [3.63, 3.8) is 0 Å². The maximum Gasteiger partial charge on any atom is 0.256 e. The highest BCUT2D eigenvalue weighted by atomic mass is 16.5. The summed E-state index contributed by atoms with van der Waals surface area (Å²) in [6.45, 7) is 7.23. The zero-order chi connectivity index (χ0) is 22.2. The number of H-pyrrole nitrogens is 1. The second-order valence-corrected chi connectivity index (χ2v) is 8.49. The Labute approximate surface area is 186 Å². The molecule has 2 aliphatic heterocycles. The monoisotopic (exact) mass is 433 g/mol. The summed E-state index contributed by atoms with van der Waals surface area (Å²) in [6.07, 6.45) is 0.349. The molecular formula is C24H27N5O3. The minimum Gasteiger partial charge on any atom is -0.398 e. The third kappa shape index (κ3) is 3.76. The molecule has 3 heterocycles. The van der Waals surface area contributed by atoms with Gasteiger partial charge in [0, 0.05) is 50.2 Å². The lowest BCUT2D eigenvalue weighted by molar-refractivity contribution is 0.0342. The minimum absolute atomic E-state index is 0.0687. The quantitative estimate of drug-likeness (QED) is 0.474. The first kappa shape index (κ1) is 20.7. The van der Waals surface area contributed by atoms with Crippen LogP contribution < -0.4 is 5.73 Å². The van der Waals surface area contributed by atoms with E-state index in [1.807, 2.05) is 4.90 Å². The Balaban J connectivity index is 1.37. The first-order valence-electron chi connectivity index (χ1n) is 11.0. The molecule has 8 nitrogen and oxygen atoms in total. The van der Waals surface area contributed by atoms with E-state index in [9.17, 15) is 9.59 Å². The number of hydrogen-bond acceptors (Lipinski definition) is 6. The fraction of sp³-hybridized carbons (Fsp3) is 0.375. The molecule has 0 unspecified atom stereocenters. The number of Topliss-reactive ketones (excluding diaryl/α,β-unsaturated/α-hetero) is 1. The molecule has 3 N–H and O–H groups in total. The summed E-state index contributed by atoms with van der Waals surface area (Å²) in [5.74, 6) is -0.202. The summed E-state index contributed by atoms with van der Waals surface area (Å²) < 4.78 is 5.43. The van der Waals surface area contributed by atoms with Gasteiger partial charge in [0.25, 0.3) is 5.91 Å². The van der Waals surface area contributed by atoms with Gasteiger partial charge in [-0.25, -0.2) is 0 Å². The van der Waals surface area contributed by atoms with Crippen LogP contribution in [0.15, 0.2) is 30.3 Å². The van der Waals surface area contributed by atoms with Gasteiger partial charge < -0.3 is 15.4 Å². The van der Waals surface area contributed by atoms with E-state index >= 15 is 0 Å². The summed E-state index contributed by atoms with van der Waals surface area (Å²) >= 11 is 0. The number of morpholine rings is 1. The summed E-state index contributed by atoms with van der Waals surface area (Å²) in [5.41, 5.74) is 11.6. The lowest BCUT2D eigenvalue weighted by Crippen LogP contribution is -2.35. The van der Waals surface area contributed by atoms with E-state index in [0.717, 1.165) is 38.4 Å². The second kappa shape index (κ2) is 8.37. The van der Waals surface area contributed by atoms with Crippen molar-refractivity contribution in [3.05, 3.63) is 58.3 Å². The van der Waals surface area contributed by atoms with Crippen LogP contribution in [0.5, 0.6) is 0 Å². The number of carbonyl (C=O) groups excluding carboxylic acids is 2. The van der Waals surface area contributed by atoms with E-state index in [-0.39, 0.29) is 11.7 Å². The molecule has 0 bridgehead atoms. The fourth-order valence-corrected chi connectivity index (χ4v) is 4.52. The van der Waals surface area contributed by atoms with Gasteiger partial charge in [-0.1, -0.05) is 25.1 Å². The number of anilines is 1.